The topological polar surface area (TPSA) is 114 Å². The summed E-state index contributed by atoms with van der Waals surface area (Å²) in [5.74, 6) is -2.26. The molecule has 0 spiro atoms. The predicted molar refractivity (Wildman–Crippen MR) is 138 cm³/mol. The number of nitrogens with one attached hydrogen (secondary N) is 2. The minimum Gasteiger partial charge on any atom is -0.454 e. The van der Waals surface area contributed by atoms with Crippen LogP contribution in [0.1, 0.15) is 37.7 Å². The Morgan fingerprint density at radius 1 is 0.949 bits per heavy atom. The third-order valence-corrected chi connectivity index (χ3v) is 7.44. The number of rotatable bonds is 9. The first-order chi connectivity index (χ1) is 18.6. The molecule has 1 heterocycles. The number of anilines is 2. The zero-order valence-electron chi connectivity index (χ0n) is 20.9. The van der Waals surface area contributed by atoms with E-state index in [1.54, 1.807) is 12.1 Å². The van der Waals surface area contributed by atoms with E-state index in [2.05, 4.69) is 10.6 Å². The average molecular weight is 568 g/mol. The molecule has 0 radical (unpaired) electrons. The van der Waals surface area contributed by atoms with Crippen molar-refractivity contribution in [2.45, 2.75) is 44.3 Å². The molecule has 1 saturated carbocycles. The maximum absolute atomic E-state index is 13.3. The SMILES string of the molecule is O=C(C[S@@](=O)CC(=O)N(CC(=O)NC1CCCCC1)c1cccc(C(F)(F)F)c1)Nc1ccc2c(c1)OCO2. The summed E-state index contributed by atoms with van der Waals surface area (Å²) in [5, 5.41) is 5.39. The van der Waals surface area contributed by atoms with E-state index in [0.29, 0.717) is 17.2 Å². The second-order valence-electron chi connectivity index (χ2n) is 9.28. The number of carbonyl (C=O) groups excluding carboxylic acids is 3. The molecule has 2 aliphatic rings. The van der Waals surface area contributed by atoms with Crippen molar-refractivity contribution in [2.75, 3.05) is 35.1 Å². The molecule has 2 aromatic rings. The van der Waals surface area contributed by atoms with Crippen LogP contribution in [0.3, 0.4) is 0 Å². The molecule has 1 atom stereocenters. The van der Waals surface area contributed by atoms with Gasteiger partial charge in [-0.2, -0.15) is 13.2 Å². The Balaban J connectivity index is 1.42. The van der Waals surface area contributed by atoms with E-state index in [9.17, 15) is 31.8 Å². The van der Waals surface area contributed by atoms with Crippen molar-refractivity contribution in [3.63, 3.8) is 0 Å². The summed E-state index contributed by atoms with van der Waals surface area (Å²) in [7, 11) is -2.00. The zero-order valence-corrected chi connectivity index (χ0v) is 21.7. The first kappa shape index (κ1) is 28.4. The fourth-order valence-corrected chi connectivity index (χ4v) is 5.32. The highest BCUT2D eigenvalue weighted by atomic mass is 32.2. The van der Waals surface area contributed by atoms with E-state index in [1.807, 2.05) is 0 Å². The van der Waals surface area contributed by atoms with Gasteiger partial charge in [-0.15, -0.1) is 0 Å². The van der Waals surface area contributed by atoms with Crippen LogP contribution in [0, 0.1) is 0 Å². The molecule has 1 aliphatic heterocycles. The highest BCUT2D eigenvalue weighted by Gasteiger charge is 2.32. The van der Waals surface area contributed by atoms with Crippen molar-refractivity contribution >= 4 is 39.9 Å². The summed E-state index contributed by atoms with van der Waals surface area (Å²) in [6, 6.07) is 8.66. The number of fused-ring (bicyclic) bond motifs is 1. The van der Waals surface area contributed by atoms with E-state index < -0.39 is 58.3 Å². The summed E-state index contributed by atoms with van der Waals surface area (Å²) in [5.41, 5.74) is -0.775. The lowest BCUT2D eigenvalue weighted by atomic mass is 9.95. The van der Waals surface area contributed by atoms with Crippen molar-refractivity contribution in [3.05, 3.63) is 48.0 Å². The average Bonchev–Trinajstić information content (AvgIpc) is 3.35. The Kier molecular flexibility index (Phi) is 9.10. The summed E-state index contributed by atoms with van der Waals surface area (Å²) in [6.45, 7) is -0.489. The molecule has 9 nitrogen and oxygen atoms in total. The molecule has 0 aromatic heterocycles. The van der Waals surface area contributed by atoms with Gasteiger partial charge in [0.2, 0.25) is 24.5 Å². The van der Waals surface area contributed by atoms with Crippen molar-refractivity contribution in [3.8, 4) is 11.5 Å². The van der Waals surface area contributed by atoms with Crippen molar-refractivity contribution in [1.29, 1.82) is 0 Å². The molecule has 13 heteroatoms. The van der Waals surface area contributed by atoms with Crippen LogP contribution in [0.25, 0.3) is 0 Å². The second kappa shape index (κ2) is 12.5. The maximum Gasteiger partial charge on any atom is 0.416 e. The maximum atomic E-state index is 13.3. The molecule has 4 rings (SSSR count). The number of carbonyl (C=O) groups is 3. The van der Waals surface area contributed by atoms with Gasteiger partial charge in [-0.1, -0.05) is 25.3 Å². The highest BCUT2D eigenvalue weighted by molar-refractivity contribution is 7.86. The smallest absolute Gasteiger partial charge is 0.416 e. The van der Waals surface area contributed by atoms with Gasteiger partial charge in [0.15, 0.2) is 11.5 Å². The summed E-state index contributed by atoms with van der Waals surface area (Å²) < 4.78 is 63.1. The Hall–Kier alpha value is -3.61. The van der Waals surface area contributed by atoms with Crippen LogP contribution in [0.4, 0.5) is 24.5 Å². The van der Waals surface area contributed by atoms with Gasteiger partial charge in [-0.05, 0) is 43.2 Å². The summed E-state index contributed by atoms with van der Waals surface area (Å²) in [6.07, 6.45) is -0.124. The van der Waals surface area contributed by atoms with Crippen LogP contribution in [0.15, 0.2) is 42.5 Å². The van der Waals surface area contributed by atoms with Gasteiger partial charge in [-0.3, -0.25) is 18.6 Å². The molecule has 0 saturated heterocycles. The predicted octanol–water partition coefficient (Wildman–Crippen LogP) is 3.60. The number of nitrogens with zero attached hydrogens (tertiary/aromatic N) is 1. The fraction of sp³-hybridized carbons (Fsp3) is 0.423. The molecule has 39 heavy (non-hydrogen) atoms. The summed E-state index contributed by atoms with van der Waals surface area (Å²) >= 11 is 0. The first-order valence-electron chi connectivity index (χ1n) is 12.4. The van der Waals surface area contributed by atoms with Gasteiger partial charge in [0.05, 0.1) is 5.56 Å². The van der Waals surface area contributed by atoms with Crippen LogP contribution in [0.5, 0.6) is 11.5 Å². The number of ether oxygens (including phenoxy) is 2. The lowest BCUT2D eigenvalue weighted by Gasteiger charge is -2.26. The normalized spacial score (nSPS) is 15.9. The Morgan fingerprint density at radius 3 is 2.44 bits per heavy atom. The molecular formula is C26H28F3N3O6S. The molecule has 2 aromatic carbocycles. The van der Waals surface area contributed by atoms with Crippen molar-refractivity contribution < 1.29 is 41.2 Å². The lowest BCUT2D eigenvalue weighted by molar-refractivity contribution is -0.137. The number of hydrogen-bond acceptors (Lipinski definition) is 6. The number of benzene rings is 2. The van der Waals surface area contributed by atoms with Gasteiger partial charge in [0, 0.05) is 34.3 Å². The Morgan fingerprint density at radius 2 is 1.69 bits per heavy atom. The van der Waals surface area contributed by atoms with Crippen LogP contribution >= 0.6 is 0 Å². The highest BCUT2D eigenvalue weighted by Crippen LogP contribution is 2.34. The molecule has 1 fully saturated rings. The zero-order chi connectivity index (χ0) is 28.0. The Labute approximate surface area is 225 Å². The van der Waals surface area contributed by atoms with Gasteiger partial charge < -0.3 is 25.0 Å². The minimum atomic E-state index is -4.66. The molecule has 2 N–H and O–H groups in total. The van der Waals surface area contributed by atoms with Crippen LogP contribution in [0.2, 0.25) is 0 Å². The largest absolute Gasteiger partial charge is 0.454 e. The van der Waals surface area contributed by atoms with Crippen molar-refractivity contribution in [2.24, 2.45) is 0 Å². The van der Waals surface area contributed by atoms with E-state index in [1.165, 1.54) is 12.1 Å². The molecule has 1 aliphatic carbocycles. The number of hydrogen-bond donors (Lipinski definition) is 2. The Bertz CT molecular complexity index is 1250. The minimum absolute atomic E-state index is 0.0555. The van der Waals surface area contributed by atoms with Crippen LogP contribution < -0.4 is 25.0 Å². The first-order valence-corrected chi connectivity index (χ1v) is 13.9. The third-order valence-electron chi connectivity index (χ3n) is 6.29. The quantitative estimate of drug-likeness (QED) is 0.479. The van der Waals surface area contributed by atoms with Gasteiger partial charge in [0.25, 0.3) is 0 Å². The van der Waals surface area contributed by atoms with Crippen LogP contribution in [-0.4, -0.2) is 52.8 Å². The second-order valence-corrected chi connectivity index (χ2v) is 10.7. The van der Waals surface area contributed by atoms with Gasteiger partial charge in [0.1, 0.15) is 18.1 Å². The molecular weight excluding hydrogens is 539 g/mol. The number of amides is 3. The third kappa shape index (κ3) is 7.94. The van der Waals surface area contributed by atoms with E-state index in [-0.39, 0.29) is 18.5 Å². The molecule has 210 valence electrons. The van der Waals surface area contributed by atoms with E-state index in [4.69, 9.17) is 9.47 Å². The molecule has 0 unspecified atom stereocenters. The number of halogens is 3. The van der Waals surface area contributed by atoms with Gasteiger partial charge in [-0.25, -0.2) is 0 Å². The monoisotopic (exact) mass is 567 g/mol. The van der Waals surface area contributed by atoms with Crippen molar-refractivity contribution in [1.82, 2.24) is 5.32 Å². The molecule has 3 amide bonds. The lowest BCUT2D eigenvalue weighted by Crippen LogP contribution is -2.46. The molecule has 0 bridgehead atoms. The van der Waals surface area contributed by atoms with E-state index in [0.717, 1.165) is 55.2 Å². The van der Waals surface area contributed by atoms with E-state index >= 15 is 0 Å². The fourth-order valence-electron chi connectivity index (χ4n) is 4.42. The van der Waals surface area contributed by atoms with Gasteiger partial charge >= 0.3 is 6.18 Å². The summed E-state index contributed by atoms with van der Waals surface area (Å²) in [4.78, 5) is 39.1. The standard InChI is InChI=1S/C26H28F3N3O6S/c27-26(28,29)17-5-4-8-20(11-17)32(13-23(33)30-18-6-2-1-3-7-18)25(35)15-39(36)14-24(34)31-19-9-10-21-22(12-19)38-16-37-21/h4-5,8-12,18H,1-3,6-7,13-16H2,(H,30,33)(H,31,34)/t39-/m1/s1. The van der Waals surface area contributed by atoms with Crippen LogP contribution in [-0.2, 0) is 31.4 Å². The number of alkyl halides is 3.